The summed E-state index contributed by atoms with van der Waals surface area (Å²) in [6, 6.07) is 20.7. The molecule has 1 saturated heterocycles. The van der Waals surface area contributed by atoms with Crippen molar-refractivity contribution in [2.45, 2.75) is 6.54 Å². The molecule has 4 rings (SSSR count). The number of nitrogens with one attached hydrogen (secondary N) is 1. The van der Waals surface area contributed by atoms with Gasteiger partial charge in [0.2, 0.25) is 5.91 Å². The number of amides is 1. The first kappa shape index (κ1) is 20.9. The topological polar surface area (TPSA) is 43.2 Å². The molecule has 31 heavy (non-hydrogen) atoms. The zero-order chi connectivity index (χ0) is 21.6. The normalized spacial score (nSPS) is 14.8. The Hall–Kier alpha value is -3.31. The number of fused-ring (bicyclic) bond motifs is 1. The monoisotopic (exact) mass is 417 g/mol. The highest BCUT2D eigenvalue weighted by Gasteiger charge is 2.23. The van der Waals surface area contributed by atoms with Crippen molar-refractivity contribution in [3.05, 3.63) is 77.9 Å². The van der Waals surface area contributed by atoms with Gasteiger partial charge in [-0.2, -0.15) is 0 Å². The Balaban J connectivity index is 1.37. The van der Waals surface area contributed by atoms with Crippen molar-refractivity contribution in [3.63, 3.8) is 0 Å². The van der Waals surface area contributed by atoms with E-state index in [1.54, 1.807) is 26.4 Å². The van der Waals surface area contributed by atoms with Crippen molar-refractivity contribution >= 4 is 22.8 Å². The molecule has 1 heterocycles. The number of hydrogen-bond acceptors (Lipinski definition) is 3. The van der Waals surface area contributed by atoms with Crippen LogP contribution in [0.1, 0.15) is 11.1 Å². The average molecular weight is 418 g/mol. The van der Waals surface area contributed by atoms with E-state index in [4.69, 9.17) is 9.47 Å². The molecule has 0 saturated carbocycles. The number of para-hydroxylation sites is 1. The lowest BCUT2D eigenvalue weighted by molar-refractivity contribution is -0.917. The van der Waals surface area contributed by atoms with E-state index in [1.807, 2.05) is 23.1 Å². The van der Waals surface area contributed by atoms with Gasteiger partial charge in [-0.15, -0.1) is 0 Å². The molecule has 1 aliphatic rings. The molecular formula is C26H29N2O3+. The van der Waals surface area contributed by atoms with Crippen molar-refractivity contribution in [3.8, 4) is 11.5 Å². The molecule has 0 unspecified atom stereocenters. The number of ether oxygens (including phenoxy) is 2. The molecule has 0 aliphatic carbocycles. The van der Waals surface area contributed by atoms with Gasteiger partial charge in [0.05, 0.1) is 40.4 Å². The van der Waals surface area contributed by atoms with Crippen LogP contribution in [0.3, 0.4) is 0 Å². The molecule has 160 valence electrons. The summed E-state index contributed by atoms with van der Waals surface area (Å²) in [6.07, 6.45) is 3.44. The molecule has 1 aliphatic heterocycles. The Morgan fingerprint density at radius 2 is 1.71 bits per heavy atom. The lowest BCUT2D eigenvalue weighted by atomic mass is 10.0. The number of hydrogen-bond donors (Lipinski definition) is 1. The fourth-order valence-corrected chi connectivity index (χ4v) is 4.25. The largest absolute Gasteiger partial charge is 0.493 e. The zero-order valence-electron chi connectivity index (χ0n) is 18.1. The molecule has 0 aromatic heterocycles. The smallest absolute Gasteiger partial charge is 0.246 e. The summed E-state index contributed by atoms with van der Waals surface area (Å²) in [5, 5.41) is 2.61. The molecule has 0 bridgehead atoms. The van der Waals surface area contributed by atoms with E-state index in [0.29, 0.717) is 11.5 Å². The maximum absolute atomic E-state index is 12.7. The van der Waals surface area contributed by atoms with Crippen LogP contribution in [0.4, 0.5) is 0 Å². The van der Waals surface area contributed by atoms with E-state index in [2.05, 4.69) is 42.5 Å². The number of piperazine rings is 1. The van der Waals surface area contributed by atoms with Crippen molar-refractivity contribution in [2.24, 2.45) is 0 Å². The summed E-state index contributed by atoms with van der Waals surface area (Å²) in [5.74, 6) is 1.33. The second kappa shape index (κ2) is 9.67. The fourth-order valence-electron chi connectivity index (χ4n) is 4.25. The van der Waals surface area contributed by atoms with E-state index >= 15 is 0 Å². The Bertz CT molecular complexity index is 1080. The Kier molecular flexibility index (Phi) is 6.53. The van der Waals surface area contributed by atoms with Crippen LogP contribution in [0.5, 0.6) is 11.5 Å². The van der Waals surface area contributed by atoms with Gasteiger partial charge in [0.15, 0.2) is 11.5 Å². The fraction of sp³-hybridized carbons (Fsp3) is 0.269. The molecule has 0 radical (unpaired) electrons. The predicted molar refractivity (Wildman–Crippen MR) is 124 cm³/mol. The van der Waals surface area contributed by atoms with Gasteiger partial charge in [-0.25, -0.2) is 0 Å². The minimum Gasteiger partial charge on any atom is -0.493 e. The van der Waals surface area contributed by atoms with Crippen molar-refractivity contribution in [1.29, 1.82) is 0 Å². The van der Waals surface area contributed by atoms with Crippen LogP contribution in [0.2, 0.25) is 0 Å². The number of carbonyl (C=O) groups excluding carboxylic acids is 1. The summed E-state index contributed by atoms with van der Waals surface area (Å²) in [6.45, 7) is 4.41. The zero-order valence-corrected chi connectivity index (χ0v) is 18.1. The summed E-state index contributed by atoms with van der Waals surface area (Å²) in [4.78, 5) is 16.2. The second-order valence-corrected chi connectivity index (χ2v) is 7.81. The maximum Gasteiger partial charge on any atom is 0.246 e. The summed E-state index contributed by atoms with van der Waals surface area (Å²) in [5.41, 5.74) is 2.20. The van der Waals surface area contributed by atoms with Gasteiger partial charge in [0.25, 0.3) is 0 Å². The molecule has 1 fully saturated rings. The van der Waals surface area contributed by atoms with Gasteiger partial charge in [0, 0.05) is 17.2 Å². The summed E-state index contributed by atoms with van der Waals surface area (Å²) < 4.78 is 10.8. The average Bonchev–Trinajstić information content (AvgIpc) is 2.83. The van der Waals surface area contributed by atoms with Gasteiger partial charge in [-0.3, -0.25) is 4.79 Å². The van der Waals surface area contributed by atoms with Gasteiger partial charge >= 0.3 is 0 Å². The molecule has 0 atom stereocenters. The second-order valence-electron chi connectivity index (χ2n) is 7.81. The Labute approximate surface area is 183 Å². The van der Waals surface area contributed by atoms with Gasteiger partial charge in [0.1, 0.15) is 6.54 Å². The first-order valence-electron chi connectivity index (χ1n) is 10.7. The SMILES string of the molecule is COc1cccc(/C=C/C(=O)N2CC[NH+](Cc3cccc4ccccc34)CC2)c1OC. The van der Waals surface area contributed by atoms with Gasteiger partial charge < -0.3 is 19.3 Å². The number of benzene rings is 3. The quantitative estimate of drug-likeness (QED) is 0.628. The van der Waals surface area contributed by atoms with Crippen molar-refractivity contribution < 1.29 is 19.2 Å². The van der Waals surface area contributed by atoms with Gasteiger partial charge in [-0.05, 0) is 22.9 Å². The van der Waals surface area contributed by atoms with E-state index in [0.717, 1.165) is 38.3 Å². The van der Waals surface area contributed by atoms with Crippen LogP contribution in [-0.2, 0) is 11.3 Å². The molecule has 3 aromatic carbocycles. The number of rotatable bonds is 6. The molecule has 5 nitrogen and oxygen atoms in total. The number of nitrogens with zero attached hydrogens (tertiary/aromatic N) is 1. The molecule has 0 spiro atoms. The number of quaternary nitrogens is 1. The van der Waals surface area contributed by atoms with Crippen LogP contribution in [0.15, 0.2) is 66.7 Å². The first-order valence-corrected chi connectivity index (χ1v) is 10.7. The number of carbonyl (C=O) groups is 1. The highest BCUT2D eigenvalue weighted by atomic mass is 16.5. The third-order valence-electron chi connectivity index (χ3n) is 5.94. The van der Waals surface area contributed by atoms with Crippen LogP contribution in [0.25, 0.3) is 16.8 Å². The molecule has 1 amide bonds. The van der Waals surface area contributed by atoms with Crippen molar-refractivity contribution in [2.75, 3.05) is 40.4 Å². The summed E-state index contributed by atoms with van der Waals surface area (Å²) >= 11 is 0. The third-order valence-corrected chi connectivity index (χ3v) is 5.94. The predicted octanol–water partition coefficient (Wildman–Crippen LogP) is 2.80. The minimum atomic E-state index is 0.0362. The maximum atomic E-state index is 12.7. The summed E-state index contributed by atoms with van der Waals surface area (Å²) in [7, 11) is 3.21. The standard InChI is InChI=1S/C26H28N2O3/c1-30-24-12-6-9-21(26(24)31-2)13-14-25(29)28-17-15-27(16-18-28)19-22-10-5-8-20-7-3-4-11-23(20)22/h3-14H,15-19H2,1-2H3/p+1/b14-13+. The molecular weight excluding hydrogens is 388 g/mol. The number of methoxy groups -OCH3 is 2. The van der Waals surface area contributed by atoms with Gasteiger partial charge in [-0.1, -0.05) is 54.6 Å². The van der Waals surface area contributed by atoms with E-state index in [1.165, 1.54) is 21.2 Å². The highest BCUT2D eigenvalue weighted by Crippen LogP contribution is 2.31. The van der Waals surface area contributed by atoms with Crippen LogP contribution in [0, 0.1) is 0 Å². The highest BCUT2D eigenvalue weighted by molar-refractivity contribution is 5.92. The lowest BCUT2D eigenvalue weighted by Gasteiger charge is -2.32. The first-order chi connectivity index (χ1) is 15.2. The minimum absolute atomic E-state index is 0.0362. The Morgan fingerprint density at radius 3 is 2.48 bits per heavy atom. The molecule has 3 aromatic rings. The van der Waals surface area contributed by atoms with Crippen LogP contribution < -0.4 is 14.4 Å². The van der Waals surface area contributed by atoms with Crippen molar-refractivity contribution in [1.82, 2.24) is 4.90 Å². The lowest BCUT2D eigenvalue weighted by Crippen LogP contribution is -3.13. The molecule has 1 N–H and O–H groups in total. The van der Waals surface area contributed by atoms with Crippen LogP contribution in [-0.4, -0.2) is 51.2 Å². The van der Waals surface area contributed by atoms with E-state index in [-0.39, 0.29) is 5.91 Å². The Morgan fingerprint density at radius 1 is 0.968 bits per heavy atom. The van der Waals surface area contributed by atoms with E-state index in [9.17, 15) is 4.79 Å². The third kappa shape index (κ3) is 4.72. The van der Waals surface area contributed by atoms with Crippen LogP contribution >= 0.6 is 0 Å². The van der Waals surface area contributed by atoms with E-state index < -0.39 is 0 Å². The molecule has 5 heteroatoms.